The number of carbonyl (C=O) groups excluding carboxylic acids is 1. The first-order valence-corrected chi connectivity index (χ1v) is 9.05. The molecule has 1 N–H and O–H groups in total. The number of carbonyl (C=O) groups is 1. The lowest BCUT2D eigenvalue weighted by Gasteiger charge is -2.20. The van der Waals surface area contributed by atoms with E-state index in [4.69, 9.17) is 9.47 Å². The average Bonchev–Trinajstić information content (AvgIpc) is 3.13. The Balaban J connectivity index is 1.91. The number of ether oxygens (including phenoxy) is 2. The highest BCUT2D eigenvalue weighted by Crippen LogP contribution is 2.29. The number of methoxy groups -OCH3 is 2. The summed E-state index contributed by atoms with van der Waals surface area (Å²) in [6.45, 7) is 2.02. The number of nitrogens with one attached hydrogen (secondary N) is 1. The van der Waals surface area contributed by atoms with Crippen molar-refractivity contribution in [3.8, 4) is 11.5 Å². The molecule has 6 nitrogen and oxygen atoms in total. The monoisotopic (exact) mass is 379 g/mol. The molecular formula is C22H25N3O3. The summed E-state index contributed by atoms with van der Waals surface area (Å²) in [5.74, 6) is 1.95. The highest BCUT2D eigenvalue weighted by atomic mass is 16.5. The maximum absolute atomic E-state index is 12.8. The number of rotatable bonds is 7. The third-order valence-corrected chi connectivity index (χ3v) is 4.61. The smallest absolute Gasteiger partial charge is 0.225 e. The number of aromatic nitrogens is 2. The number of hydrogen-bond acceptors (Lipinski definition) is 4. The Morgan fingerprint density at radius 2 is 1.75 bits per heavy atom. The second kappa shape index (κ2) is 8.61. The van der Waals surface area contributed by atoms with Gasteiger partial charge in [0.1, 0.15) is 23.4 Å². The van der Waals surface area contributed by atoms with E-state index in [0.29, 0.717) is 17.9 Å². The Morgan fingerprint density at radius 1 is 1.11 bits per heavy atom. The first-order valence-electron chi connectivity index (χ1n) is 9.05. The van der Waals surface area contributed by atoms with Gasteiger partial charge in [0.15, 0.2) is 0 Å². The second-order valence-electron chi connectivity index (χ2n) is 6.71. The SMILES string of the molecule is COc1cc(OC)cc([C@@H](NC(=O)Cc2ccc(C)cc2)c2nccn2C)c1. The van der Waals surface area contributed by atoms with Gasteiger partial charge in [-0.1, -0.05) is 29.8 Å². The van der Waals surface area contributed by atoms with Crippen molar-refractivity contribution in [3.63, 3.8) is 0 Å². The summed E-state index contributed by atoms with van der Waals surface area (Å²) in [7, 11) is 5.10. The standard InChI is InChI=1S/C22H25N3O3/c1-15-5-7-16(8-6-15)11-20(26)24-21(22-23-9-10-25(22)2)17-12-18(27-3)14-19(13-17)28-4/h5-10,12-14,21H,11H2,1-4H3,(H,24,26)/t21-/m1/s1. The van der Waals surface area contributed by atoms with E-state index in [9.17, 15) is 4.79 Å². The Morgan fingerprint density at radius 3 is 2.29 bits per heavy atom. The van der Waals surface area contributed by atoms with E-state index in [-0.39, 0.29) is 5.91 Å². The summed E-state index contributed by atoms with van der Waals surface area (Å²) in [6, 6.07) is 13.1. The molecule has 146 valence electrons. The molecule has 6 heteroatoms. The van der Waals surface area contributed by atoms with Crippen molar-refractivity contribution < 1.29 is 14.3 Å². The molecule has 1 atom stereocenters. The topological polar surface area (TPSA) is 65.4 Å². The first kappa shape index (κ1) is 19.5. The van der Waals surface area contributed by atoms with Crippen molar-refractivity contribution in [1.82, 2.24) is 14.9 Å². The van der Waals surface area contributed by atoms with Gasteiger partial charge in [-0.3, -0.25) is 4.79 Å². The molecule has 0 spiro atoms. The molecule has 0 saturated carbocycles. The van der Waals surface area contributed by atoms with Crippen LogP contribution in [0.5, 0.6) is 11.5 Å². The van der Waals surface area contributed by atoms with Crippen LogP contribution in [0.2, 0.25) is 0 Å². The molecule has 1 aromatic heterocycles. The molecule has 3 rings (SSSR count). The summed E-state index contributed by atoms with van der Waals surface area (Å²) in [4.78, 5) is 17.2. The van der Waals surface area contributed by atoms with Crippen LogP contribution in [-0.4, -0.2) is 29.7 Å². The summed E-state index contributed by atoms with van der Waals surface area (Å²) in [5.41, 5.74) is 2.96. The molecule has 0 aliphatic rings. The largest absolute Gasteiger partial charge is 0.497 e. The third kappa shape index (κ3) is 4.52. The van der Waals surface area contributed by atoms with Gasteiger partial charge in [0, 0.05) is 25.5 Å². The summed E-state index contributed by atoms with van der Waals surface area (Å²) >= 11 is 0. The van der Waals surface area contributed by atoms with Gasteiger partial charge in [0.05, 0.1) is 20.6 Å². The predicted octanol–water partition coefficient (Wildman–Crippen LogP) is 3.19. The van der Waals surface area contributed by atoms with Gasteiger partial charge in [-0.15, -0.1) is 0 Å². The minimum atomic E-state index is -0.429. The number of aryl methyl sites for hydroxylation is 2. The molecule has 1 amide bonds. The molecule has 0 unspecified atom stereocenters. The van der Waals surface area contributed by atoms with Crippen molar-refractivity contribution in [2.45, 2.75) is 19.4 Å². The van der Waals surface area contributed by atoms with Crippen molar-refractivity contribution in [2.24, 2.45) is 7.05 Å². The van der Waals surface area contributed by atoms with Crippen LogP contribution in [0, 0.1) is 6.92 Å². The van der Waals surface area contributed by atoms with Crippen molar-refractivity contribution >= 4 is 5.91 Å². The van der Waals surface area contributed by atoms with E-state index in [0.717, 1.165) is 17.0 Å². The molecule has 28 heavy (non-hydrogen) atoms. The molecule has 0 saturated heterocycles. The van der Waals surface area contributed by atoms with Crippen LogP contribution >= 0.6 is 0 Å². The quantitative estimate of drug-likeness (QED) is 0.685. The maximum atomic E-state index is 12.8. The van der Waals surface area contributed by atoms with Crippen molar-refractivity contribution in [2.75, 3.05) is 14.2 Å². The van der Waals surface area contributed by atoms with Crippen molar-refractivity contribution in [1.29, 1.82) is 0 Å². The van der Waals surface area contributed by atoms with Gasteiger partial charge in [-0.25, -0.2) is 4.98 Å². The lowest BCUT2D eigenvalue weighted by molar-refractivity contribution is -0.121. The average molecular weight is 379 g/mol. The minimum absolute atomic E-state index is 0.0846. The van der Waals surface area contributed by atoms with Crippen LogP contribution in [0.4, 0.5) is 0 Å². The van der Waals surface area contributed by atoms with E-state index in [1.165, 1.54) is 5.56 Å². The van der Waals surface area contributed by atoms with Gasteiger partial charge in [-0.2, -0.15) is 0 Å². The van der Waals surface area contributed by atoms with Gasteiger partial charge in [0.2, 0.25) is 5.91 Å². The van der Waals surface area contributed by atoms with Crippen LogP contribution in [0.25, 0.3) is 0 Å². The Hall–Kier alpha value is -3.28. The van der Waals surface area contributed by atoms with Crippen molar-refractivity contribution in [3.05, 3.63) is 77.4 Å². The predicted molar refractivity (Wildman–Crippen MR) is 108 cm³/mol. The Kier molecular flexibility index (Phi) is 5.99. The molecular weight excluding hydrogens is 354 g/mol. The number of nitrogens with zero attached hydrogens (tertiary/aromatic N) is 2. The van der Waals surface area contributed by atoms with E-state index < -0.39 is 6.04 Å². The maximum Gasteiger partial charge on any atom is 0.225 e. The summed E-state index contributed by atoms with van der Waals surface area (Å²) < 4.78 is 12.7. The fourth-order valence-electron chi connectivity index (χ4n) is 3.05. The Bertz CT molecular complexity index is 926. The van der Waals surface area contributed by atoms with Gasteiger partial charge in [-0.05, 0) is 30.2 Å². The lowest BCUT2D eigenvalue weighted by Crippen LogP contribution is -2.32. The fourth-order valence-corrected chi connectivity index (χ4v) is 3.05. The van der Waals surface area contributed by atoms with Crippen LogP contribution in [0.1, 0.15) is 28.6 Å². The lowest BCUT2D eigenvalue weighted by atomic mass is 10.0. The number of amides is 1. The van der Waals surface area contributed by atoms with Crippen LogP contribution in [0.3, 0.4) is 0 Å². The van der Waals surface area contributed by atoms with Crippen LogP contribution < -0.4 is 14.8 Å². The zero-order valence-corrected chi connectivity index (χ0v) is 16.6. The fraction of sp³-hybridized carbons (Fsp3) is 0.273. The molecule has 0 fully saturated rings. The molecule has 0 radical (unpaired) electrons. The zero-order chi connectivity index (χ0) is 20.1. The molecule has 3 aromatic rings. The zero-order valence-electron chi connectivity index (χ0n) is 16.6. The van der Waals surface area contributed by atoms with E-state index in [1.54, 1.807) is 26.5 Å². The van der Waals surface area contributed by atoms with Gasteiger partial charge < -0.3 is 19.4 Å². The van der Waals surface area contributed by atoms with E-state index in [2.05, 4.69) is 10.3 Å². The number of hydrogen-bond donors (Lipinski definition) is 1. The van der Waals surface area contributed by atoms with Crippen LogP contribution in [0.15, 0.2) is 54.9 Å². The van der Waals surface area contributed by atoms with Gasteiger partial charge >= 0.3 is 0 Å². The molecule has 0 bridgehead atoms. The Labute approximate surface area is 165 Å². The van der Waals surface area contributed by atoms with Crippen LogP contribution in [-0.2, 0) is 18.3 Å². The molecule has 1 heterocycles. The van der Waals surface area contributed by atoms with E-state index >= 15 is 0 Å². The summed E-state index contributed by atoms with van der Waals surface area (Å²) in [5, 5.41) is 3.11. The summed E-state index contributed by atoms with van der Waals surface area (Å²) in [6.07, 6.45) is 3.86. The highest BCUT2D eigenvalue weighted by molar-refractivity contribution is 5.79. The number of benzene rings is 2. The number of imidazole rings is 1. The first-order chi connectivity index (χ1) is 13.5. The molecule has 0 aliphatic carbocycles. The third-order valence-electron chi connectivity index (χ3n) is 4.61. The van der Waals surface area contributed by atoms with E-state index in [1.807, 2.05) is 61.1 Å². The highest BCUT2D eigenvalue weighted by Gasteiger charge is 2.22. The second-order valence-corrected chi connectivity index (χ2v) is 6.71. The molecule has 2 aromatic carbocycles. The van der Waals surface area contributed by atoms with Gasteiger partial charge in [0.25, 0.3) is 0 Å². The minimum Gasteiger partial charge on any atom is -0.497 e. The normalized spacial score (nSPS) is 11.7. The molecule has 0 aliphatic heterocycles.